The van der Waals surface area contributed by atoms with Crippen molar-refractivity contribution in [2.75, 3.05) is 39.3 Å². The number of anilines is 1. The molecule has 3 rings (SSSR count). The number of nitrogens with zero attached hydrogens (tertiary/aromatic N) is 4. The second-order valence-corrected chi connectivity index (χ2v) is 8.79. The van der Waals surface area contributed by atoms with Gasteiger partial charge >= 0.3 is 0 Å². The van der Waals surface area contributed by atoms with E-state index in [-0.39, 0.29) is 5.16 Å². The van der Waals surface area contributed by atoms with Gasteiger partial charge in [0.2, 0.25) is 15.0 Å². The Labute approximate surface area is 160 Å². The van der Waals surface area contributed by atoms with Crippen molar-refractivity contribution in [3.63, 3.8) is 0 Å². The molecule has 2 aromatic heterocycles. The summed E-state index contributed by atoms with van der Waals surface area (Å²) >= 11 is 0. The highest BCUT2D eigenvalue weighted by Crippen LogP contribution is 2.26. The van der Waals surface area contributed by atoms with Crippen LogP contribution < -0.4 is 5.32 Å². The lowest BCUT2D eigenvalue weighted by Gasteiger charge is -2.11. The van der Waals surface area contributed by atoms with Crippen LogP contribution in [0.3, 0.4) is 0 Å². The molecule has 2 heterocycles. The standard InChI is InChI=1S/C19H25N5O2S/c1-20-18-13-16(21-19(22-18)27(4,25)26)15-7-6-14-8-11-24(17(14)12-15)10-5-9-23(2)3/h6-8,11-13H,5,9-10H2,1-4H3,(H,20,21,22). The SMILES string of the molecule is CNc1cc(-c2ccc3ccn(CCCN(C)C)c3c2)nc(S(C)(=O)=O)n1. The number of hydrogen-bond donors (Lipinski definition) is 1. The average molecular weight is 388 g/mol. The molecule has 0 aliphatic rings. The Kier molecular flexibility index (Phi) is 5.48. The van der Waals surface area contributed by atoms with Gasteiger partial charge < -0.3 is 14.8 Å². The lowest BCUT2D eigenvalue weighted by molar-refractivity contribution is 0.388. The monoisotopic (exact) mass is 387 g/mol. The van der Waals surface area contributed by atoms with Crippen molar-refractivity contribution in [3.05, 3.63) is 36.5 Å². The van der Waals surface area contributed by atoms with Crippen LogP contribution >= 0.6 is 0 Å². The minimum atomic E-state index is -3.50. The van der Waals surface area contributed by atoms with Crippen molar-refractivity contribution in [2.45, 2.75) is 18.1 Å². The first kappa shape index (κ1) is 19.3. The van der Waals surface area contributed by atoms with Crippen LogP contribution in [-0.2, 0) is 16.4 Å². The van der Waals surface area contributed by atoms with Crippen LogP contribution in [0.25, 0.3) is 22.2 Å². The third-order valence-corrected chi connectivity index (χ3v) is 5.21. The van der Waals surface area contributed by atoms with E-state index < -0.39 is 9.84 Å². The van der Waals surface area contributed by atoms with Gasteiger partial charge in [0.15, 0.2) is 0 Å². The number of benzene rings is 1. The number of fused-ring (bicyclic) bond motifs is 1. The zero-order valence-electron chi connectivity index (χ0n) is 16.1. The summed E-state index contributed by atoms with van der Waals surface area (Å²) in [4.78, 5) is 10.5. The predicted octanol–water partition coefficient (Wildman–Crippen LogP) is 2.50. The van der Waals surface area contributed by atoms with Gasteiger partial charge in [0.05, 0.1) is 5.69 Å². The summed E-state index contributed by atoms with van der Waals surface area (Å²) in [5, 5.41) is 3.88. The number of rotatable bonds is 7. The Bertz CT molecular complexity index is 1060. The molecule has 0 saturated heterocycles. The van der Waals surface area contributed by atoms with Gasteiger partial charge in [0.1, 0.15) is 5.82 Å². The third kappa shape index (κ3) is 4.45. The molecule has 0 unspecified atom stereocenters. The normalized spacial score (nSPS) is 12.0. The van der Waals surface area contributed by atoms with Gasteiger partial charge in [0.25, 0.3) is 0 Å². The maximum atomic E-state index is 11.9. The van der Waals surface area contributed by atoms with Gasteiger partial charge in [-0.3, -0.25) is 0 Å². The minimum absolute atomic E-state index is 0.175. The molecule has 0 saturated carbocycles. The topological polar surface area (TPSA) is 80.1 Å². The minimum Gasteiger partial charge on any atom is -0.373 e. The molecule has 1 N–H and O–H groups in total. The van der Waals surface area contributed by atoms with Crippen molar-refractivity contribution in [1.29, 1.82) is 0 Å². The van der Waals surface area contributed by atoms with E-state index in [0.717, 1.165) is 42.2 Å². The van der Waals surface area contributed by atoms with Crippen LogP contribution in [0, 0.1) is 0 Å². The first-order chi connectivity index (χ1) is 12.8. The van der Waals surface area contributed by atoms with E-state index in [0.29, 0.717) is 11.5 Å². The number of aryl methyl sites for hydroxylation is 1. The van der Waals surface area contributed by atoms with Crippen LogP contribution in [0.15, 0.2) is 41.7 Å². The number of aromatic nitrogens is 3. The molecule has 0 radical (unpaired) electrons. The molecule has 0 fully saturated rings. The first-order valence-corrected chi connectivity index (χ1v) is 10.7. The summed E-state index contributed by atoms with van der Waals surface area (Å²) in [6.07, 6.45) is 4.26. The molecule has 27 heavy (non-hydrogen) atoms. The summed E-state index contributed by atoms with van der Waals surface area (Å²) in [5.41, 5.74) is 2.55. The highest BCUT2D eigenvalue weighted by atomic mass is 32.2. The fourth-order valence-electron chi connectivity index (χ4n) is 2.96. The molecule has 1 aromatic carbocycles. The molecule has 0 aliphatic heterocycles. The number of sulfone groups is 1. The zero-order chi connectivity index (χ0) is 19.6. The van der Waals surface area contributed by atoms with Crippen molar-refractivity contribution in [1.82, 2.24) is 19.4 Å². The van der Waals surface area contributed by atoms with Crippen LogP contribution in [-0.4, -0.2) is 61.8 Å². The number of nitrogens with one attached hydrogen (secondary N) is 1. The molecule has 3 aromatic rings. The van der Waals surface area contributed by atoms with E-state index in [2.05, 4.69) is 57.2 Å². The Hall–Kier alpha value is -2.45. The number of hydrogen-bond acceptors (Lipinski definition) is 6. The quantitative estimate of drug-likeness (QED) is 0.628. The molecule has 0 bridgehead atoms. The Morgan fingerprint density at radius 1 is 1.15 bits per heavy atom. The molecule has 144 valence electrons. The molecule has 0 aliphatic carbocycles. The maximum absolute atomic E-state index is 11.9. The van der Waals surface area contributed by atoms with Gasteiger partial charge in [-0.25, -0.2) is 18.4 Å². The van der Waals surface area contributed by atoms with Gasteiger partial charge in [-0.2, -0.15) is 0 Å². The van der Waals surface area contributed by atoms with Crippen molar-refractivity contribution < 1.29 is 8.42 Å². The molecular weight excluding hydrogens is 362 g/mol. The second kappa shape index (κ2) is 7.66. The summed E-state index contributed by atoms with van der Waals surface area (Å²) in [7, 11) is 2.35. The van der Waals surface area contributed by atoms with E-state index in [1.807, 2.05) is 12.1 Å². The molecule has 0 spiro atoms. The zero-order valence-corrected chi connectivity index (χ0v) is 16.9. The first-order valence-electron chi connectivity index (χ1n) is 8.79. The summed E-state index contributed by atoms with van der Waals surface area (Å²) in [6, 6.07) is 9.90. The predicted molar refractivity (Wildman–Crippen MR) is 109 cm³/mol. The molecule has 8 heteroatoms. The molecule has 0 amide bonds. The highest BCUT2D eigenvalue weighted by Gasteiger charge is 2.15. The lowest BCUT2D eigenvalue weighted by atomic mass is 10.1. The third-order valence-electron chi connectivity index (χ3n) is 4.37. The van der Waals surface area contributed by atoms with E-state index in [1.54, 1.807) is 13.1 Å². The summed E-state index contributed by atoms with van der Waals surface area (Å²) < 4.78 is 26.1. The van der Waals surface area contributed by atoms with Crippen molar-refractivity contribution in [3.8, 4) is 11.3 Å². The largest absolute Gasteiger partial charge is 0.373 e. The van der Waals surface area contributed by atoms with Crippen LogP contribution in [0.4, 0.5) is 5.82 Å². The van der Waals surface area contributed by atoms with E-state index >= 15 is 0 Å². The fourth-order valence-corrected chi connectivity index (χ4v) is 3.49. The van der Waals surface area contributed by atoms with E-state index in [4.69, 9.17) is 0 Å². The van der Waals surface area contributed by atoms with E-state index in [1.165, 1.54) is 0 Å². The smallest absolute Gasteiger partial charge is 0.249 e. The van der Waals surface area contributed by atoms with E-state index in [9.17, 15) is 8.42 Å². The Morgan fingerprint density at radius 3 is 2.59 bits per heavy atom. The van der Waals surface area contributed by atoms with Gasteiger partial charge in [-0.15, -0.1) is 0 Å². The molecule has 7 nitrogen and oxygen atoms in total. The van der Waals surface area contributed by atoms with Gasteiger partial charge in [0, 0.05) is 43.2 Å². The lowest BCUT2D eigenvalue weighted by Crippen LogP contribution is -2.14. The summed E-state index contributed by atoms with van der Waals surface area (Å²) in [5.74, 6) is 0.474. The highest BCUT2D eigenvalue weighted by molar-refractivity contribution is 7.90. The fraction of sp³-hybridized carbons (Fsp3) is 0.368. The van der Waals surface area contributed by atoms with Gasteiger partial charge in [-0.1, -0.05) is 12.1 Å². The van der Waals surface area contributed by atoms with Gasteiger partial charge in [-0.05, 0) is 44.6 Å². The Balaban J connectivity index is 2.02. The molecular formula is C19H25N5O2S. The van der Waals surface area contributed by atoms with Crippen LogP contribution in [0.5, 0.6) is 0 Å². The average Bonchev–Trinajstić information content (AvgIpc) is 3.02. The van der Waals surface area contributed by atoms with Crippen LogP contribution in [0.2, 0.25) is 0 Å². The van der Waals surface area contributed by atoms with Crippen molar-refractivity contribution in [2.24, 2.45) is 0 Å². The second-order valence-electron chi connectivity index (χ2n) is 6.88. The Morgan fingerprint density at radius 2 is 1.93 bits per heavy atom. The molecule has 0 atom stereocenters. The van der Waals surface area contributed by atoms with Crippen LogP contribution in [0.1, 0.15) is 6.42 Å². The van der Waals surface area contributed by atoms with Crippen molar-refractivity contribution >= 4 is 26.6 Å². The maximum Gasteiger partial charge on any atom is 0.249 e. The summed E-state index contributed by atoms with van der Waals surface area (Å²) in [6.45, 7) is 1.94.